The van der Waals surface area contributed by atoms with E-state index in [-0.39, 0.29) is 18.3 Å². The number of hydrogen-bond donors (Lipinski definition) is 0. The molecule has 2 aliphatic rings. The number of rotatable bonds is 4. The number of Topliss-reactive ketones (excluding diaryl/α,β-unsaturated/α-hetero) is 1. The van der Waals surface area contributed by atoms with Crippen LogP contribution in [-0.4, -0.2) is 40.7 Å². The molecule has 0 N–H and O–H groups in total. The average molecular weight is 354 g/mol. The largest absolute Gasteiger partial charge is 0.449 e. The van der Waals surface area contributed by atoms with Gasteiger partial charge in [0.25, 0.3) is 0 Å². The minimum atomic E-state index is -0.775. The van der Waals surface area contributed by atoms with Gasteiger partial charge in [0.2, 0.25) is 5.91 Å². The molecule has 0 aliphatic carbocycles. The normalized spacial score (nSPS) is 20.7. The van der Waals surface area contributed by atoms with Crippen LogP contribution in [-0.2, 0) is 20.9 Å². The molecule has 0 bridgehead atoms. The summed E-state index contributed by atoms with van der Waals surface area (Å²) in [7, 11) is 0. The van der Waals surface area contributed by atoms with Crippen LogP contribution in [0.15, 0.2) is 54.9 Å². The third-order valence-electron chi connectivity index (χ3n) is 4.75. The lowest BCUT2D eigenvalue weighted by Gasteiger charge is -2.30. The molecular weight excluding hydrogens is 332 g/mol. The van der Waals surface area contributed by atoms with Crippen LogP contribution < -0.4 is 0 Å². The van der Waals surface area contributed by atoms with Crippen molar-refractivity contribution in [1.29, 1.82) is 0 Å². The van der Waals surface area contributed by atoms with Crippen LogP contribution in [0, 0.1) is 11.3 Å². The number of amides is 2. The smallest absolute Gasteiger partial charge is 0.417 e. The number of likely N-dealkylation sites (tertiary alicyclic amines) is 1. The van der Waals surface area contributed by atoms with Gasteiger partial charge in [-0.15, -0.1) is 0 Å². The fourth-order valence-electron chi connectivity index (χ4n) is 3.56. The van der Waals surface area contributed by atoms with Crippen molar-refractivity contribution in [2.24, 2.45) is 11.3 Å². The SMILES string of the molecule is CCOC(=O)N1C=CC2(C=C1)CN(Cc1ccccc1)C(=O)C2C(C)=O. The molecule has 1 aromatic carbocycles. The van der Waals surface area contributed by atoms with Gasteiger partial charge in [0, 0.05) is 30.9 Å². The number of carbonyl (C=O) groups is 3. The highest BCUT2D eigenvalue weighted by molar-refractivity contribution is 6.03. The molecule has 1 saturated heterocycles. The Labute approximate surface area is 152 Å². The van der Waals surface area contributed by atoms with Gasteiger partial charge in [-0.25, -0.2) is 4.79 Å². The van der Waals surface area contributed by atoms with E-state index in [0.717, 1.165) is 5.56 Å². The second-order valence-corrected chi connectivity index (χ2v) is 6.57. The zero-order chi connectivity index (χ0) is 18.7. The summed E-state index contributed by atoms with van der Waals surface area (Å²) in [5.74, 6) is -1.13. The monoisotopic (exact) mass is 354 g/mol. The molecule has 3 rings (SSSR count). The Bertz CT molecular complexity index is 755. The molecule has 0 saturated carbocycles. The summed E-state index contributed by atoms with van der Waals surface area (Å²) in [5, 5.41) is 0. The van der Waals surface area contributed by atoms with E-state index in [1.54, 1.807) is 36.4 Å². The van der Waals surface area contributed by atoms with E-state index in [1.807, 2.05) is 30.3 Å². The Morgan fingerprint density at radius 3 is 2.42 bits per heavy atom. The van der Waals surface area contributed by atoms with Gasteiger partial charge in [-0.05, 0) is 19.4 Å². The molecule has 136 valence electrons. The zero-order valence-electron chi connectivity index (χ0n) is 14.9. The van der Waals surface area contributed by atoms with Gasteiger partial charge in [0.15, 0.2) is 0 Å². The minimum absolute atomic E-state index is 0.176. The molecule has 0 radical (unpaired) electrons. The van der Waals surface area contributed by atoms with E-state index in [2.05, 4.69) is 0 Å². The lowest BCUT2D eigenvalue weighted by Crippen LogP contribution is -2.36. The lowest BCUT2D eigenvalue weighted by molar-refractivity contribution is -0.137. The first-order valence-electron chi connectivity index (χ1n) is 8.64. The first kappa shape index (κ1) is 17.9. The highest BCUT2D eigenvalue weighted by Gasteiger charge is 2.52. The lowest BCUT2D eigenvalue weighted by atomic mass is 9.75. The molecule has 1 aromatic rings. The Balaban J connectivity index is 1.84. The zero-order valence-corrected chi connectivity index (χ0v) is 14.9. The molecule has 0 aromatic heterocycles. The third kappa shape index (κ3) is 3.27. The first-order valence-corrected chi connectivity index (χ1v) is 8.64. The molecule has 1 atom stereocenters. The molecule has 6 nitrogen and oxygen atoms in total. The maximum absolute atomic E-state index is 12.9. The Hall–Kier alpha value is -2.89. The summed E-state index contributed by atoms with van der Waals surface area (Å²) >= 11 is 0. The van der Waals surface area contributed by atoms with Crippen molar-refractivity contribution in [3.8, 4) is 0 Å². The van der Waals surface area contributed by atoms with E-state index in [1.165, 1.54) is 11.8 Å². The summed E-state index contributed by atoms with van der Waals surface area (Å²) in [6.07, 6.45) is 6.19. The molecule has 6 heteroatoms. The van der Waals surface area contributed by atoms with E-state index in [4.69, 9.17) is 4.74 Å². The van der Waals surface area contributed by atoms with Crippen molar-refractivity contribution >= 4 is 17.8 Å². The predicted molar refractivity (Wildman–Crippen MR) is 95.6 cm³/mol. The van der Waals surface area contributed by atoms with Crippen LogP contribution in [0.2, 0.25) is 0 Å². The molecule has 2 aliphatic heterocycles. The fourth-order valence-corrected chi connectivity index (χ4v) is 3.56. The number of ketones is 1. The second-order valence-electron chi connectivity index (χ2n) is 6.57. The van der Waals surface area contributed by atoms with Gasteiger partial charge in [0.1, 0.15) is 11.7 Å². The maximum Gasteiger partial charge on any atom is 0.417 e. The second kappa shape index (κ2) is 7.15. The number of ether oxygens (including phenoxy) is 1. The van der Waals surface area contributed by atoms with Gasteiger partial charge in [0.05, 0.1) is 6.61 Å². The third-order valence-corrected chi connectivity index (χ3v) is 4.75. The van der Waals surface area contributed by atoms with Crippen LogP contribution in [0.3, 0.4) is 0 Å². The number of carbonyl (C=O) groups excluding carboxylic acids is 3. The van der Waals surface area contributed by atoms with Gasteiger partial charge in [-0.3, -0.25) is 14.5 Å². The van der Waals surface area contributed by atoms with Crippen LogP contribution in [0.1, 0.15) is 19.4 Å². The number of nitrogens with zero attached hydrogens (tertiary/aromatic N) is 2. The van der Waals surface area contributed by atoms with Gasteiger partial charge < -0.3 is 9.64 Å². The highest BCUT2D eigenvalue weighted by atomic mass is 16.6. The van der Waals surface area contributed by atoms with Crippen molar-refractivity contribution < 1.29 is 19.1 Å². The van der Waals surface area contributed by atoms with Crippen molar-refractivity contribution in [2.45, 2.75) is 20.4 Å². The fraction of sp³-hybridized carbons (Fsp3) is 0.350. The maximum atomic E-state index is 12.9. The van der Waals surface area contributed by atoms with Crippen molar-refractivity contribution in [3.63, 3.8) is 0 Å². The molecule has 2 heterocycles. The van der Waals surface area contributed by atoms with E-state index >= 15 is 0 Å². The van der Waals surface area contributed by atoms with E-state index in [0.29, 0.717) is 13.1 Å². The summed E-state index contributed by atoms with van der Waals surface area (Å²) < 4.78 is 4.97. The van der Waals surface area contributed by atoms with Gasteiger partial charge in [-0.1, -0.05) is 42.5 Å². The standard InChI is InChI=1S/C20H22N2O4/c1-3-26-19(25)21-11-9-20(10-12-21)14-22(18(24)17(20)15(2)23)13-16-7-5-4-6-8-16/h4-12,17H,3,13-14H2,1-2H3. The average Bonchev–Trinajstić information content (AvgIpc) is 2.88. The number of benzene rings is 1. The first-order chi connectivity index (χ1) is 12.5. The van der Waals surface area contributed by atoms with Crippen LogP contribution in [0.4, 0.5) is 4.79 Å². The number of hydrogen-bond acceptors (Lipinski definition) is 4. The van der Waals surface area contributed by atoms with Crippen molar-refractivity contribution in [1.82, 2.24) is 9.80 Å². The molecule has 1 unspecified atom stereocenters. The van der Waals surface area contributed by atoms with E-state index in [9.17, 15) is 14.4 Å². The van der Waals surface area contributed by atoms with E-state index < -0.39 is 17.4 Å². The topological polar surface area (TPSA) is 66.9 Å². The predicted octanol–water partition coefficient (Wildman–Crippen LogP) is 2.72. The van der Waals surface area contributed by atoms with Crippen molar-refractivity contribution in [2.75, 3.05) is 13.2 Å². The van der Waals surface area contributed by atoms with Crippen molar-refractivity contribution in [3.05, 3.63) is 60.4 Å². The quantitative estimate of drug-likeness (QED) is 0.780. The molecule has 1 spiro atoms. The summed E-state index contributed by atoms with van der Waals surface area (Å²) in [5.41, 5.74) is 0.276. The van der Waals surface area contributed by atoms with Gasteiger partial charge in [-0.2, -0.15) is 0 Å². The summed E-state index contributed by atoms with van der Waals surface area (Å²) in [6, 6.07) is 9.68. The molecule has 26 heavy (non-hydrogen) atoms. The highest BCUT2D eigenvalue weighted by Crippen LogP contribution is 2.42. The van der Waals surface area contributed by atoms with Crippen LogP contribution >= 0.6 is 0 Å². The molecule has 2 amide bonds. The molecule has 1 fully saturated rings. The summed E-state index contributed by atoms with van der Waals surface area (Å²) in [6.45, 7) is 4.31. The molecular formula is C20H22N2O4. The Morgan fingerprint density at radius 2 is 1.85 bits per heavy atom. The Morgan fingerprint density at radius 1 is 1.19 bits per heavy atom. The Kier molecular flexibility index (Phi) is 4.93. The van der Waals surface area contributed by atoms with Gasteiger partial charge >= 0.3 is 6.09 Å². The van der Waals surface area contributed by atoms with Crippen LogP contribution in [0.25, 0.3) is 0 Å². The van der Waals surface area contributed by atoms with Crippen LogP contribution in [0.5, 0.6) is 0 Å². The summed E-state index contributed by atoms with van der Waals surface area (Å²) in [4.78, 5) is 40.0. The minimum Gasteiger partial charge on any atom is -0.449 e.